The monoisotopic (exact) mass is 218 g/mol. The van der Waals surface area contributed by atoms with E-state index in [0.29, 0.717) is 17.9 Å². The Morgan fingerprint density at radius 1 is 1.75 bits per heavy atom. The van der Waals surface area contributed by atoms with Crippen molar-refractivity contribution < 1.29 is 4.79 Å². The minimum absolute atomic E-state index is 0.199. The minimum Gasteiger partial charge on any atom is -0.399 e. The van der Waals surface area contributed by atoms with Gasteiger partial charge in [0.25, 0.3) is 5.91 Å². The maximum atomic E-state index is 11.8. The maximum absolute atomic E-state index is 11.8. The van der Waals surface area contributed by atoms with Crippen LogP contribution in [-0.2, 0) is 0 Å². The summed E-state index contributed by atoms with van der Waals surface area (Å²) in [7, 11) is 1.64. The first-order valence-corrected chi connectivity index (χ1v) is 4.91. The largest absolute Gasteiger partial charge is 0.399 e. The molecule has 0 aliphatic carbocycles. The van der Waals surface area contributed by atoms with E-state index in [1.807, 2.05) is 0 Å². The van der Waals surface area contributed by atoms with Gasteiger partial charge in [-0.2, -0.15) is 5.26 Å². The van der Waals surface area contributed by atoms with E-state index >= 15 is 0 Å². The van der Waals surface area contributed by atoms with Crippen molar-refractivity contribution in [3.05, 3.63) is 24.0 Å². The Bertz CT molecular complexity index is 424. The van der Waals surface area contributed by atoms with Gasteiger partial charge in [-0.05, 0) is 19.1 Å². The number of amides is 1. The minimum atomic E-state index is -0.227. The molecule has 5 heteroatoms. The van der Waals surface area contributed by atoms with E-state index < -0.39 is 0 Å². The Hall–Kier alpha value is -2.09. The van der Waals surface area contributed by atoms with Crippen molar-refractivity contribution in [2.75, 3.05) is 19.3 Å². The lowest BCUT2D eigenvalue weighted by Crippen LogP contribution is -2.31. The van der Waals surface area contributed by atoms with E-state index in [0.717, 1.165) is 0 Å². The average molecular weight is 218 g/mol. The zero-order chi connectivity index (χ0) is 12.1. The third kappa shape index (κ3) is 2.95. The molecule has 0 aliphatic heterocycles. The summed E-state index contributed by atoms with van der Waals surface area (Å²) in [6, 6.07) is 5.22. The molecule has 0 aromatic carbocycles. The van der Waals surface area contributed by atoms with Gasteiger partial charge in [-0.3, -0.25) is 9.78 Å². The summed E-state index contributed by atoms with van der Waals surface area (Å²) in [5, 5.41) is 8.66. The average Bonchev–Trinajstić information content (AvgIpc) is 2.27. The quantitative estimate of drug-likeness (QED) is 0.816. The number of hydrogen-bond acceptors (Lipinski definition) is 4. The zero-order valence-electron chi connectivity index (χ0n) is 9.34. The number of nitrogens with zero attached hydrogens (tertiary/aromatic N) is 3. The molecule has 1 heterocycles. The highest BCUT2D eigenvalue weighted by Gasteiger charge is 2.15. The summed E-state index contributed by atoms with van der Waals surface area (Å²) in [4.78, 5) is 17.3. The van der Waals surface area contributed by atoms with Gasteiger partial charge in [0.2, 0.25) is 0 Å². The van der Waals surface area contributed by atoms with Crippen molar-refractivity contribution in [3.8, 4) is 6.07 Å². The number of rotatable bonds is 3. The highest BCUT2D eigenvalue weighted by molar-refractivity contribution is 5.92. The second-order valence-corrected chi connectivity index (χ2v) is 3.69. The molecule has 1 aromatic rings. The van der Waals surface area contributed by atoms with Crippen LogP contribution in [0.25, 0.3) is 0 Å². The molecule has 1 amide bonds. The second-order valence-electron chi connectivity index (χ2n) is 3.69. The third-order valence-corrected chi connectivity index (χ3v) is 2.12. The molecule has 84 valence electrons. The Morgan fingerprint density at radius 3 is 3.00 bits per heavy atom. The van der Waals surface area contributed by atoms with Gasteiger partial charge in [-0.15, -0.1) is 0 Å². The molecule has 5 nitrogen and oxygen atoms in total. The summed E-state index contributed by atoms with van der Waals surface area (Å²) in [6.07, 6.45) is 1.49. The van der Waals surface area contributed by atoms with Crippen molar-refractivity contribution in [2.45, 2.75) is 6.92 Å². The second kappa shape index (κ2) is 5.12. The first-order valence-electron chi connectivity index (χ1n) is 4.91. The molecule has 0 saturated heterocycles. The zero-order valence-corrected chi connectivity index (χ0v) is 9.34. The van der Waals surface area contributed by atoms with Crippen molar-refractivity contribution in [1.29, 1.82) is 5.26 Å². The van der Waals surface area contributed by atoms with Crippen LogP contribution < -0.4 is 5.73 Å². The molecule has 2 N–H and O–H groups in total. The van der Waals surface area contributed by atoms with Gasteiger partial charge in [0.05, 0.1) is 12.0 Å². The van der Waals surface area contributed by atoms with Crippen molar-refractivity contribution in [3.63, 3.8) is 0 Å². The molecule has 0 bridgehead atoms. The topological polar surface area (TPSA) is 83.0 Å². The van der Waals surface area contributed by atoms with E-state index in [-0.39, 0.29) is 11.8 Å². The first-order chi connectivity index (χ1) is 7.54. The number of nitrogens with two attached hydrogens (primary N) is 1. The molecule has 0 fully saturated rings. The lowest BCUT2D eigenvalue weighted by Gasteiger charge is -2.17. The van der Waals surface area contributed by atoms with Gasteiger partial charge in [0.1, 0.15) is 5.69 Å². The van der Waals surface area contributed by atoms with E-state index in [4.69, 9.17) is 11.0 Å². The highest BCUT2D eigenvalue weighted by Crippen LogP contribution is 2.07. The maximum Gasteiger partial charge on any atom is 0.272 e. The summed E-state index contributed by atoms with van der Waals surface area (Å²) in [6.45, 7) is 2.14. The Balaban J connectivity index is 2.75. The fraction of sp³-hybridized carbons (Fsp3) is 0.364. The Morgan fingerprint density at radius 2 is 2.44 bits per heavy atom. The van der Waals surface area contributed by atoms with Gasteiger partial charge in [0, 0.05) is 25.5 Å². The molecule has 1 atom stereocenters. The van der Waals surface area contributed by atoms with Crippen molar-refractivity contribution >= 4 is 11.6 Å². The van der Waals surface area contributed by atoms with Crippen molar-refractivity contribution in [1.82, 2.24) is 9.88 Å². The smallest absolute Gasteiger partial charge is 0.272 e. The molecule has 1 unspecified atom stereocenters. The lowest BCUT2D eigenvalue weighted by molar-refractivity contribution is 0.0779. The van der Waals surface area contributed by atoms with Crippen LogP contribution >= 0.6 is 0 Å². The predicted octanol–water partition coefficient (Wildman–Crippen LogP) is 0.895. The van der Waals surface area contributed by atoms with Gasteiger partial charge < -0.3 is 10.6 Å². The van der Waals surface area contributed by atoms with E-state index in [1.165, 1.54) is 17.2 Å². The summed E-state index contributed by atoms with van der Waals surface area (Å²) in [5.74, 6) is -0.426. The van der Waals surface area contributed by atoms with Crippen LogP contribution in [-0.4, -0.2) is 29.4 Å². The van der Waals surface area contributed by atoms with Crippen LogP contribution in [0.5, 0.6) is 0 Å². The van der Waals surface area contributed by atoms with Crippen LogP contribution in [0.1, 0.15) is 17.4 Å². The molecule has 1 aromatic heterocycles. The SMILES string of the molecule is CC(C#N)CN(C)C(=O)c1cc(N)ccn1. The predicted molar refractivity (Wildman–Crippen MR) is 60.4 cm³/mol. The number of nitriles is 1. The number of aromatic nitrogens is 1. The molecule has 16 heavy (non-hydrogen) atoms. The van der Waals surface area contributed by atoms with Crippen LogP contribution in [0.2, 0.25) is 0 Å². The number of hydrogen-bond donors (Lipinski definition) is 1. The Kier molecular flexibility index (Phi) is 3.84. The summed E-state index contributed by atoms with van der Waals surface area (Å²) >= 11 is 0. The van der Waals surface area contributed by atoms with E-state index in [1.54, 1.807) is 20.0 Å². The number of pyridine rings is 1. The molecule has 0 spiro atoms. The lowest BCUT2D eigenvalue weighted by atomic mass is 10.2. The van der Waals surface area contributed by atoms with Crippen molar-refractivity contribution in [2.24, 2.45) is 5.92 Å². The van der Waals surface area contributed by atoms with Crippen LogP contribution in [0, 0.1) is 17.2 Å². The molecular weight excluding hydrogens is 204 g/mol. The molecule has 0 aliphatic rings. The molecular formula is C11H14N4O. The number of nitrogen functional groups attached to an aromatic ring is 1. The number of carbonyl (C=O) groups excluding carboxylic acids is 1. The molecule has 0 radical (unpaired) electrons. The van der Waals surface area contributed by atoms with Gasteiger partial charge in [-0.1, -0.05) is 0 Å². The Labute approximate surface area is 94.5 Å². The van der Waals surface area contributed by atoms with Gasteiger partial charge in [-0.25, -0.2) is 0 Å². The number of anilines is 1. The van der Waals surface area contributed by atoms with Crippen LogP contribution in [0.4, 0.5) is 5.69 Å². The number of carbonyl (C=O) groups is 1. The first kappa shape index (κ1) is 12.0. The normalized spacial score (nSPS) is 11.6. The van der Waals surface area contributed by atoms with E-state index in [2.05, 4.69) is 11.1 Å². The summed E-state index contributed by atoms with van der Waals surface area (Å²) < 4.78 is 0. The standard InChI is InChI=1S/C11H14N4O/c1-8(6-12)7-15(2)11(16)10-5-9(13)3-4-14-10/h3-5,8H,7H2,1-2H3,(H2,13,14). The fourth-order valence-corrected chi connectivity index (χ4v) is 1.29. The van der Waals surface area contributed by atoms with Crippen LogP contribution in [0.15, 0.2) is 18.3 Å². The fourth-order valence-electron chi connectivity index (χ4n) is 1.29. The van der Waals surface area contributed by atoms with Gasteiger partial charge in [0.15, 0.2) is 0 Å². The van der Waals surface area contributed by atoms with E-state index in [9.17, 15) is 4.79 Å². The van der Waals surface area contributed by atoms with Gasteiger partial charge >= 0.3 is 0 Å². The third-order valence-electron chi connectivity index (χ3n) is 2.12. The molecule has 1 rings (SSSR count). The van der Waals surface area contributed by atoms with Crippen LogP contribution in [0.3, 0.4) is 0 Å². The molecule has 0 saturated carbocycles. The summed E-state index contributed by atoms with van der Waals surface area (Å²) in [5.41, 5.74) is 6.36. The highest BCUT2D eigenvalue weighted by atomic mass is 16.2.